The van der Waals surface area contributed by atoms with Crippen LogP contribution in [0.2, 0.25) is 0 Å². The van der Waals surface area contributed by atoms with Crippen molar-refractivity contribution < 1.29 is 23.5 Å². The van der Waals surface area contributed by atoms with E-state index in [0.29, 0.717) is 24.3 Å². The molecule has 2 aromatic rings. The van der Waals surface area contributed by atoms with Gasteiger partial charge in [-0.3, -0.25) is 14.5 Å². The standard InChI is InChI=1S/C22H22FN3O4/c23-15-2-3-16-17(11-21(27)24-18(16)10-15)22(28)26-7-5-25(6-8-26)12-14-1-4-19-20(9-14)30-13-29-19/h1-4,9-10,17H,5-8,11-13H2,(H,24,27)/t17-/m0/s1. The van der Waals surface area contributed by atoms with Crippen LogP contribution in [0.5, 0.6) is 11.5 Å². The quantitative estimate of drug-likeness (QED) is 0.840. The Balaban J connectivity index is 1.23. The van der Waals surface area contributed by atoms with Crippen LogP contribution in [0.1, 0.15) is 23.5 Å². The summed E-state index contributed by atoms with van der Waals surface area (Å²) in [4.78, 5) is 29.3. The highest BCUT2D eigenvalue weighted by atomic mass is 19.1. The number of nitrogens with zero attached hydrogens (tertiary/aromatic N) is 2. The molecule has 1 fully saturated rings. The molecule has 0 unspecified atom stereocenters. The second kappa shape index (κ2) is 7.60. The normalized spacial score (nSPS) is 20.6. The number of hydrogen-bond acceptors (Lipinski definition) is 5. The van der Waals surface area contributed by atoms with Crippen LogP contribution in [-0.4, -0.2) is 54.6 Å². The van der Waals surface area contributed by atoms with Crippen molar-refractivity contribution in [3.05, 3.63) is 53.3 Å². The minimum atomic E-state index is -0.560. The van der Waals surface area contributed by atoms with E-state index in [1.54, 1.807) is 6.07 Å². The maximum atomic E-state index is 13.5. The lowest BCUT2D eigenvalue weighted by atomic mass is 9.89. The molecule has 1 atom stereocenters. The molecule has 156 valence electrons. The van der Waals surface area contributed by atoms with E-state index in [-0.39, 0.29) is 25.0 Å². The van der Waals surface area contributed by atoms with Crippen molar-refractivity contribution in [2.75, 3.05) is 38.3 Å². The number of piperazine rings is 1. The first-order chi connectivity index (χ1) is 14.6. The Morgan fingerprint density at radius 3 is 2.70 bits per heavy atom. The first-order valence-electron chi connectivity index (χ1n) is 10.1. The average molecular weight is 411 g/mol. The van der Waals surface area contributed by atoms with Gasteiger partial charge < -0.3 is 19.7 Å². The summed E-state index contributed by atoms with van der Waals surface area (Å²) in [6.07, 6.45) is 0.0921. The Kier molecular flexibility index (Phi) is 4.78. The summed E-state index contributed by atoms with van der Waals surface area (Å²) in [5, 5.41) is 2.66. The largest absolute Gasteiger partial charge is 0.454 e. The van der Waals surface area contributed by atoms with E-state index in [9.17, 15) is 14.0 Å². The molecule has 0 radical (unpaired) electrons. The Morgan fingerprint density at radius 2 is 1.87 bits per heavy atom. The molecule has 0 spiro atoms. The molecule has 2 amide bonds. The van der Waals surface area contributed by atoms with Crippen LogP contribution in [0.15, 0.2) is 36.4 Å². The lowest BCUT2D eigenvalue weighted by Gasteiger charge is -2.37. The molecule has 1 N–H and O–H groups in total. The average Bonchev–Trinajstić information content (AvgIpc) is 3.21. The first kappa shape index (κ1) is 18.9. The van der Waals surface area contributed by atoms with Crippen molar-refractivity contribution in [1.29, 1.82) is 0 Å². The van der Waals surface area contributed by atoms with Gasteiger partial charge in [-0.05, 0) is 35.4 Å². The molecule has 0 aromatic heterocycles. The zero-order valence-corrected chi connectivity index (χ0v) is 16.4. The van der Waals surface area contributed by atoms with Gasteiger partial charge in [-0.15, -0.1) is 0 Å². The van der Waals surface area contributed by atoms with Crippen LogP contribution in [0.25, 0.3) is 0 Å². The number of halogens is 1. The number of carbonyl (C=O) groups excluding carboxylic acids is 2. The molecule has 7 nitrogen and oxygen atoms in total. The van der Waals surface area contributed by atoms with Gasteiger partial charge in [-0.2, -0.15) is 0 Å². The predicted molar refractivity (Wildman–Crippen MR) is 107 cm³/mol. The van der Waals surface area contributed by atoms with Crippen molar-refractivity contribution in [2.24, 2.45) is 0 Å². The monoisotopic (exact) mass is 411 g/mol. The molecular formula is C22H22FN3O4. The highest BCUT2D eigenvalue weighted by Crippen LogP contribution is 2.35. The topological polar surface area (TPSA) is 71.1 Å². The molecule has 1 saturated heterocycles. The van der Waals surface area contributed by atoms with Crippen molar-refractivity contribution in [2.45, 2.75) is 18.9 Å². The third-order valence-corrected chi connectivity index (χ3v) is 5.88. The highest BCUT2D eigenvalue weighted by Gasteiger charge is 2.34. The van der Waals surface area contributed by atoms with Gasteiger partial charge in [0.2, 0.25) is 18.6 Å². The maximum Gasteiger partial charge on any atom is 0.231 e. The maximum absolute atomic E-state index is 13.5. The van der Waals surface area contributed by atoms with Crippen LogP contribution >= 0.6 is 0 Å². The zero-order chi connectivity index (χ0) is 20.7. The Bertz CT molecular complexity index is 1000. The van der Waals surface area contributed by atoms with Crippen molar-refractivity contribution in [1.82, 2.24) is 9.80 Å². The Labute approximate surface area is 173 Å². The number of hydrogen-bond donors (Lipinski definition) is 1. The predicted octanol–water partition coefficient (Wildman–Crippen LogP) is 2.32. The Morgan fingerprint density at radius 1 is 1.07 bits per heavy atom. The Hall–Kier alpha value is -3.13. The van der Waals surface area contributed by atoms with E-state index < -0.39 is 11.7 Å². The van der Waals surface area contributed by atoms with Gasteiger partial charge in [0.1, 0.15) is 5.82 Å². The molecule has 3 aliphatic rings. The molecule has 30 heavy (non-hydrogen) atoms. The van der Waals surface area contributed by atoms with Gasteiger partial charge in [0, 0.05) is 44.8 Å². The molecule has 2 aromatic carbocycles. The molecule has 3 heterocycles. The van der Waals surface area contributed by atoms with Gasteiger partial charge in [0.05, 0.1) is 5.92 Å². The summed E-state index contributed by atoms with van der Waals surface area (Å²) >= 11 is 0. The summed E-state index contributed by atoms with van der Waals surface area (Å²) in [5.41, 5.74) is 2.22. The second-order valence-electron chi connectivity index (χ2n) is 7.83. The van der Waals surface area contributed by atoms with Gasteiger partial charge in [0.15, 0.2) is 11.5 Å². The van der Waals surface area contributed by atoms with Crippen LogP contribution in [0.4, 0.5) is 10.1 Å². The number of benzene rings is 2. The SMILES string of the molecule is O=C1C[C@H](C(=O)N2CCN(Cc3ccc4c(c3)OCO4)CC2)c2ccc(F)cc2N1. The van der Waals surface area contributed by atoms with Crippen molar-refractivity contribution in [3.8, 4) is 11.5 Å². The molecule has 0 bridgehead atoms. The van der Waals surface area contributed by atoms with Gasteiger partial charge in [-0.1, -0.05) is 12.1 Å². The van der Waals surface area contributed by atoms with Crippen molar-refractivity contribution >= 4 is 17.5 Å². The summed E-state index contributed by atoms with van der Waals surface area (Å²) < 4.78 is 24.3. The van der Waals surface area contributed by atoms with Crippen LogP contribution in [-0.2, 0) is 16.1 Å². The number of nitrogens with one attached hydrogen (secondary N) is 1. The number of anilines is 1. The first-order valence-corrected chi connectivity index (χ1v) is 10.1. The lowest BCUT2D eigenvalue weighted by Crippen LogP contribution is -2.50. The minimum absolute atomic E-state index is 0.0690. The fraction of sp³-hybridized carbons (Fsp3) is 0.364. The molecule has 0 aliphatic carbocycles. The lowest BCUT2D eigenvalue weighted by molar-refractivity contribution is -0.136. The van der Waals surface area contributed by atoms with E-state index in [1.807, 2.05) is 23.1 Å². The number of rotatable bonds is 3. The number of fused-ring (bicyclic) bond motifs is 2. The van der Waals surface area contributed by atoms with E-state index >= 15 is 0 Å². The summed E-state index contributed by atoms with van der Waals surface area (Å²) in [7, 11) is 0. The summed E-state index contributed by atoms with van der Waals surface area (Å²) in [6.45, 7) is 3.71. The van der Waals surface area contributed by atoms with Gasteiger partial charge in [-0.25, -0.2) is 4.39 Å². The fourth-order valence-corrected chi connectivity index (χ4v) is 4.30. The molecule has 5 rings (SSSR count). The third kappa shape index (κ3) is 3.59. The number of amides is 2. The summed E-state index contributed by atoms with van der Waals surface area (Å²) in [6, 6.07) is 10.2. The third-order valence-electron chi connectivity index (χ3n) is 5.88. The highest BCUT2D eigenvalue weighted by molar-refractivity contribution is 6.01. The smallest absolute Gasteiger partial charge is 0.231 e. The van der Waals surface area contributed by atoms with Crippen molar-refractivity contribution in [3.63, 3.8) is 0 Å². The second-order valence-corrected chi connectivity index (χ2v) is 7.83. The van der Waals surface area contributed by atoms with Gasteiger partial charge >= 0.3 is 0 Å². The van der Waals surface area contributed by atoms with Gasteiger partial charge in [0.25, 0.3) is 0 Å². The number of carbonyl (C=O) groups is 2. The molecule has 3 aliphatic heterocycles. The molecule has 8 heteroatoms. The van der Waals surface area contributed by atoms with E-state index in [2.05, 4.69) is 10.2 Å². The zero-order valence-electron chi connectivity index (χ0n) is 16.4. The molecule has 0 saturated carbocycles. The summed E-state index contributed by atoms with van der Waals surface area (Å²) in [5.74, 6) is 0.222. The van der Waals surface area contributed by atoms with E-state index in [4.69, 9.17) is 9.47 Å². The fourth-order valence-electron chi connectivity index (χ4n) is 4.30. The van der Waals surface area contributed by atoms with Crippen LogP contribution < -0.4 is 14.8 Å². The molecular weight excluding hydrogens is 389 g/mol. The minimum Gasteiger partial charge on any atom is -0.454 e. The van der Waals surface area contributed by atoms with E-state index in [1.165, 1.54) is 12.1 Å². The van der Waals surface area contributed by atoms with Crippen LogP contribution in [0.3, 0.4) is 0 Å². The van der Waals surface area contributed by atoms with Crippen LogP contribution in [0, 0.1) is 5.82 Å². The van der Waals surface area contributed by atoms with E-state index in [0.717, 1.165) is 36.7 Å². The number of ether oxygens (including phenoxy) is 2.